The number of carboxylic acids is 1. The molecule has 0 aliphatic heterocycles. The molecule has 1 aromatic carbocycles. The molecule has 1 heterocycles. The molecular formula is C26H21KO4S. The molecule has 1 aromatic heterocycles. The molecule has 4 nitrogen and oxygen atoms in total. The number of aliphatic hydroxyl groups is 1. The van der Waals surface area contributed by atoms with E-state index in [-0.39, 0.29) is 61.7 Å². The Morgan fingerprint density at radius 1 is 1.12 bits per heavy atom. The minimum Gasteiger partial charge on any atom is -0.544 e. The molecule has 0 aliphatic rings. The zero-order valence-electron chi connectivity index (χ0n) is 18.8. The first-order chi connectivity index (χ1) is 14.7. The fourth-order valence-corrected chi connectivity index (χ4v) is 3.20. The van der Waals surface area contributed by atoms with E-state index >= 15 is 0 Å². The van der Waals surface area contributed by atoms with Gasteiger partial charge in [0.05, 0.1) is 22.3 Å². The van der Waals surface area contributed by atoms with E-state index in [4.69, 9.17) is 4.74 Å². The topological polar surface area (TPSA) is 69.6 Å². The van der Waals surface area contributed by atoms with Gasteiger partial charge < -0.3 is 19.7 Å². The summed E-state index contributed by atoms with van der Waals surface area (Å²) >= 11 is 0.873. The Bertz CT molecular complexity index is 1210. The number of thiophene rings is 1. The fraction of sp³-hybridized carbons (Fsp3) is 0.269. The van der Waals surface area contributed by atoms with Gasteiger partial charge in [0.1, 0.15) is 0 Å². The van der Waals surface area contributed by atoms with Crippen LogP contribution in [0.4, 0.5) is 0 Å². The molecule has 1 unspecified atom stereocenters. The average Bonchev–Trinajstić information content (AvgIpc) is 3.14. The third-order valence-corrected chi connectivity index (χ3v) is 4.86. The van der Waals surface area contributed by atoms with Gasteiger partial charge in [0.15, 0.2) is 6.10 Å². The number of carboxylic acid groups (broad SMARTS) is 1. The summed E-state index contributed by atoms with van der Waals surface area (Å²) in [5.41, 5.74) is 1.87. The fourth-order valence-electron chi connectivity index (χ4n) is 2.32. The summed E-state index contributed by atoms with van der Waals surface area (Å²) < 4.78 is 5.16. The Morgan fingerprint density at radius 2 is 1.78 bits per heavy atom. The molecule has 0 aliphatic carbocycles. The van der Waals surface area contributed by atoms with Crippen LogP contribution in [0.1, 0.15) is 58.1 Å². The maximum absolute atomic E-state index is 11.2. The van der Waals surface area contributed by atoms with E-state index < -0.39 is 12.1 Å². The van der Waals surface area contributed by atoms with Crippen molar-refractivity contribution in [2.75, 3.05) is 7.11 Å². The van der Waals surface area contributed by atoms with Crippen LogP contribution >= 0.6 is 11.3 Å². The number of carbonyl (C=O) groups excluding carboxylic acids is 1. The second-order valence-electron chi connectivity index (χ2n) is 7.44. The molecule has 0 radical (unpaired) electrons. The van der Waals surface area contributed by atoms with Gasteiger partial charge in [-0.15, -0.1) is 11.3 Å². The van der Waals surface area contributed by atoms with Crippen molar-refractivity contribution in [2.24, 2.45) is 5.41 Å². The van der Waals surface area contributed by atoms with Crippen LogP contribution in [-0.4, -0.2) is 18.2 Å². The van der Waals surface area contributed by atoms with Crippen molar-refractivity contribution < 1.29 is 71.1 Å². The van der Waals surface area contributed by atoms with Crippen LogP contribution in [0.25, 0.3) is 0 Å². The minimum atomic E-state index is -1.34. The zero-order chi connectivity index (χ0) is 22.9. The Kier molecular flexibility index (Phi) is 12.1. The molecule has 2 aromatic rings. The van der Waals surface area contributed by atoms with E-state index in [1.54, 1.807) is 7.11 Å². The van der Waals surface area contributed by atoms with E-state index in [1.807, 2.05) is 45.0 Å². The second-order valence-corrected chi connectivity index (χ2v) is 8.52. The Morgan fingerprint density at radius 3 is 2.41 bits per heavy atom. The normalized spacial score (nSPS) is 10.4. The van der Waals surface area contributed by atoms with Crippen LogP contribution in [0.2, 0.25) is 0 Å². The number of benzene rings is 1. The summed E-state index contributed by atoms with van der Waals surface area (Å²) in [6.45, 7) is 6.29. The van der Waals surface area contributed by atoms with Gasteiger partial charge in [-0.2, -0.15) is 0 Å². The molecule has 0 saturated carbocycles. The van der Waals surface area contributed by atoms with Crippen LogP contribution in [0.15, 0.2) is 30.3 Å². The predicted molar refractivity (Wildman–Crippen MR) is 120 cm³/mol. The second kappa shape index (κ2) is 13.7. The maximum atomic E-state index is 11.2. The van der Waals surface area contributed by atoms with Crippen molar-refractivity contribution >= 4 is 17.3 Å². The first-order valence-corrected chi connectivity index (χ1v) is 10.2. The predicted octanol–water partition coefficient (Wildman–Crippen LogP) is -0.248. The molecular weight excluding hydrogens is 447 g/mol. The number of rotatable bonds is 4. The van der Waals surface area contributed by atoms with Gasteiger partial charge in [0.25, 0.3) is 0 Å². The van der Waals surface area contributed by atoms with Gasteiger partial charge in [0, 0.05) is 23.7 Å². The van der Waals surface area contributed by atoms with Crippen LogP contribution in [0.5, 0.6) is 0 Å². The minimum absolute atomic E-state index is 0. The summed E-state index contributed by atoms with van der Waals surface area (Å²) in [5, 5.41) is 21.6. The summed E-state index contributed by atoms with van der Waals surface area (Å²) in [4.78, 5) is 11.5. The number of hydrogen-bond acceptors (Lipinski definition) is 5. The van der Waals surface area contributed by atoms with E-state index in [9.17, 15) is 15.0 Å². The van der Waals surface area contributed by atoms with Gasteiger partial charge in [-0.1, -0.05) is 41.9 Å². The number of carbonyl (C=O) groups is 1. The molecule has 0 amide bonds. The molecule has 0 bridgehead atoms. The molecule has 156 valence electrons. The Labute approximate surface area is 236 Å². The van der Waals surface area contributed by atoms with E-state index in [1.165, 1.54) is 6.07 Å². The van der Waals surface area contributed by atoms with Crippen molar-refractivity contribution in [3.8, 4) is 47.4 Å². The SMILES string of the molecule is COCc1ccccc1C#CC#Cc1cc(C(=O)[O-])sc1C(O)C#CC#CC(C)(C)C.[K+]. The van der Waals surface area contributed by atoms with Gasteiger partial charge in [-0.05, 0) is 62.1 Å². The summed E-state index contributed by atoms with van der Waals surface area (Å²) in [5.74, 6) is 20.8. The monoisotopic (exact) mass is 468 g/mol. The van der Waals surface area contributed by atoms with Crippen molar-refractivity contribution in [1.82, 2.24) is 0 Å². The van der Waals surface area contributed by atoms with Crippen LogP contribution < -0.4 is 56.5 Å². The third-order valence-electron chi connectivity index (χ3n) is 3.69. The van der Waals surface area contributed by atoms with Gasteiger partial charge in [-0.25, -0.2) is 0 Å². The summed E-state index contributed by atoms with van der Waals surface area (Å²) in [7, 11) is 1.61. The molecule has 0 saturated heterocycles. The van der Waals surface area contributed by atoms with E-state index in [2.05, 4.69) is 47.4 Å². The van der Waals surface area contributed by atoms with Gasteiger partial charge in [-0.3, -0.25) is 0 Å². The largest absolute Gasteiger partial charge is 1.00 e. The van der Waals surface area contributed by atoms with Crippen LogP contribution in [0, 0.1) is 52.8 Å². The molecule has 0 spiro atoms. The standard InChI is InChI=1S/C26H22O4S.K/c1-26(2,3)16-10-9-15-22(27)24-20(17-23(31-24)25(28)29)13-7-5-11-19-12-6-8-14-21(19)18-30-4;/h6,8,12,14,17,22,27H,18H2,1-4H3,(H,28,29);/q;+1/p-1. The summed E-state index contributed by atoms with van der Waals surface area (Å²) in [6.07, 6.45) is -1.22. The van der Waals surface area contributed by atoms with Crippen molar-refractivity contribution in [3.63, 3.8) is 0 Å². The smallest absolute Gasteiger partial charge is 0.544 e. The quantitative estimate of drug-likeness (QED) is 0.497. The van der Waals surface area contributed by atoms with Gasteiger partial charge in [0.2, 0.25) is 0 Å². The Balaban J connectivity index is 0.00000512. The van der Waals surface area contributed by atoms with Crippen LogP contribution in [-0.2, 0) is 11.3 Å². The molecule has 6 heteroatoms. The number of aliphatic hydroxyl groups excluding tert-OH is 1. The number of hydrogen-bond donors (Lipinski definition) is 1. The number of ether oxygens (including phenoxy) is 1. The first kappa shape index (κ1) is 28.2. The third kappa shape index (κ3) is 9.36. The van der Waals surface area contributed by atoms with E-state index in [0.29, 0.717) is 17.0 Å². The molecule has 1 atom stereocenters. The van der Waals surface area contributed by atoms with E-state index in [0.717, 1.165) is 22.5 Å². The number of aromatic carboxylic acids is 1. The zero-order valence-corrected chi connectivity index (χ0v) is 22.7. The van der Waals surface area contributed by atoms with Gasteiger partial charge >= 0.3 is 51.4 Å². The van der Waals surface area contributed by atoms with Crippen molar-refractivity contribution in [2.45, 2.75) is 33.5 Å². The molecule has 0 fully saturated rings. The molecule has 1 N–H and O–H groups in total. The van der Waals surface area contributed by atoms with Crippen molar-refractivity contribution in [3.05, 3.63) is 56.8 Å². The Hall–Kier alpha value is -1.81. The average molecular weight is 469 g/mol. The number of methoxy groups -OCH3 is 1. The summed E-state index contributed by atoms with van der Waals surface area (Å²) in [6, 6.07) is 8.91. The maximum Gasteiger partial charge on any atom is 1.00 e. The van der Waals surface area contributed by atoms with Crippen LogP contribution in [0.3, 0.4) is 0 Å². The first-order valence-electron chi connectivity index (χ1n) is 9.36. The molecule has 32 heavy (non-hydrogen) atoms. The molecule has 2 rings (SSSR count). The van der Waals surface area contributed by atoms with Crippen molar-refractivity contribution in [1.29, 1.82) is 0 Å².